The maximum absolute atomic E-state index is 13.9. The minimum absolute atomic E-state index is 0.216. The summed E-state index contributed by atoms with van der Waals surface area (Å²) in [5.74, 6) is -0.649. The molecule has 9 heteroatoms. The Kier molecular flexibility index (Phi) is 9.56. The maximum atomic E-state index is 13.9. The van der Waals surface area contributed by atoms with Crippen LogP contribution in [-0.2, 0) is 22.6 Å². The topological polar surface area (TPSA) is 111 Å². The van der Waals surface area contributed by atoms with Crippen LogP contribution in [0.25, 0.3) is 10.8 Å². The first-order valence-electron chi connectivity index (χ1n) is 14.7. The van der Waals surface area contributed by atoms with Crippen LogP contribution < -0.4 is 16.0 Å². The van der Waals surface area contributed by atoms with E-state index in [2.05, 4.69) is 16.0 Å². The normalized spacial score (nSPS) is 17.1. The fourth-order valence-corrected chi connectivity index (χ4v) is 6.69. The van der Waals surface area contributed by atoms with Crippen molar-refractivity contribution in [3.05, 3.63) is 114 Å². The van der Waals surface area contributed by atoms with E-state index in [1.807, 2.05) is 112 Å². The van der Waals surface area contributed by atoms with E-state index in [0.717, 1.165) is 27.5 Å². The Labute approximate surface area is 262 Å². The van der Waals surface area contributed by atoms with Crippen LogP contribution in [0.3, 0.4) is 0 Å². The van der Waals surface area contributed by atoms with Gasteiger partial charge in [-0.25, -0.2) is 4.79 Å². The highest BCUT2D eigenvalue weighted by Crippen LogP contribution is 2.40. The van der Waals surface area contributed by atoms with Crippen molar-refractivity contribution in [3.63, 3.8) is 0 Å². The summed E-state index contributed by atoms with van der Waals surface area (Å²) in [4.78, 5) is 42.1. The molecule has 0 unspecified atom stereocenters. The molecule has 5 rings (SSSR count). The summed E-state index contributed by atoms with van der Waals surface area (Å²) >= 11 is 1.48. The number of carbonyl (C=O) groups is 3. The van der Waals surface area contributed by atoms with Crippen LogP contribution in [0.15, 0.2) is 97.1 Å². The van der Waals surface area contributed by atoms with E-state index < -0.39 is 34.9 Å². The van der Waals surface area contributed by atoms with Gasteiger partial charge in [-0.3, -0.25) is 9.59 Å². The summed E-state index contributed by atoms with van der Waals surface area (Å²) in [7, 11) is 0. The Morgan fingerprint density at radius 3 is 2.36 bits per heavy atom. The van der Waals surface area contributed by atoms with Crippen molar-refractivity contribution in [2.75, 3.05) is 11.2 Å². The van der Waals surface area contributed by atoms with Gasteiger partial charge >= 0.3 is 6.03 Å². The first-order valence-corrected chi connectivity index (χ1v) is 15.7. The molecule has 44 heavy (non-hydrogen) atoms. The van der Waals surface area contributed by atoms with Crippen molar-refractivity contribution >= 4 is 46.1 Å². The van der Waals surface area contributed by atoms with Crippen molar-refractivity contribution in [1.82, 2.24) is 15.5 Å². The highest BCUT2D eigenvalue weighted by Gasteiger charge is 2.49. The number of aliphatic hydroxyl groups is 1. The Morgan fingerprint density at radius 2 is 1.61 bits per heavy atom. The second kappa shape index (κ2) is 13.5. The van der Waals surface area contributed by atoms with Gasteiger partial charge in [0.15, 0.2) is 6.10 Å². The number of rotatable bonds is 9. The minimum atomic E-state index is -1.58. The molecule has 0 aromatic heterocycles. The summed E-state index contributed by atoms with van der Waals surface area (Å²) in [6, 6.07) is 28.3. The Morgan fingerprint density at radius 1 is 0.932 bits per heavy atom. The lowest BCUT2D eigenvalue weighted by atomic mass is 9.97. The van der Waals surface area contributed by atoms with Gasteiger partial charge in [-0.15, -0.1) is 11.8 Å². The van der Waals surface area contributed by atoms with Gasteiger partial charge in [0.05, 0.1) is 11.9 Å². The number of nitrogens with zero attached hydrogens (tertiary/aromatic N) is 1. The van der Waals surface area contributed by atoms with Crippen molar-refractivity contribution in [2.24, 2.45) is 0 Å². The lowest BCUT2D eigenvalue weighted by Gasteiger charge is -2.33. The number of anilines is 1. The molecular formula is C35H38N4O4S. The van der Waals surface area contributed by atoms with Crippen molar-refractivity contribution in [3.8, 4) is 0 Å². The van der Waals surface area contributed by atoms with E-state index in [9.17, 15) is 19.5 Å². The van der Waals surface area contributed by atoms with E-state index in [0.29, 0.717) is 12.2 Å². The second-order valence-electron chi connectivity index (χ2n) is 11.6. The van der Waals surface area contributed by atoms with Gasteiger partial charge in [0.25, 0.3) is 5.91 Å². The summed E-state index contributed by atoms with van der Waals surface area (Å²) in [6.07, 6.45) is -1.37. The molecule has 0 saturated carbocycles. The molecule has 0 radical (unpaired) electrons. The van der Waals surface area contributed by atoms with Gasteiger partial charge in [-0.2, -0.15) is 0 Å². The molecular weight excluding hydrogens is 572 g/mol. The lowest BCUT2D eigenvalue weighted by Crippen LogP contribution is -2.59. The molecule has 1 aliphatic heterocycles. The Balaban J connectivity index is 1.32. The number of thioether (sulfide) groups is 1. The highest BCUT2D eigenvalue weighted by molar-refractivity contribution is 8.00. The van der Waals surface area contributed by atoms with Gasteiger partial charge in [-0.1, -0.05) is 84.9 Å². The van der Waals surface area contributed by atoms with Crippen LogP contribution in [-0.4, -0.2) is 56.7 Å². The van der Waals surface area contributed by atoms with Crippen molar-refractivity contribution < 1.29 is 19.5 Å². The third-order valence-corrected chi connectivity index (χ3v) is 9.42. The van der Waals surface area contributed by atoms with E-state index in [-0.39, 0.29) is 18.2 Å². The number of hydrogen-bond acceptors (Lipinski definition) is 5. The van der Waals surface area contributed by atoms with Crippen LogP contribution in [0.2, 0.25) is 0 Å². The molecule has 0 spiro atoms. The fourth-order valence-electron chi connectivity index (χ4n) is 5.55. The van der Waals surface area contributed by atoms with Gasteiger partial charge in [0, 0.05) is 17.0 Å². The molecule has 0 aliphatic carbocycles. The van der Waals surface area contributed by atoms with Gasteiger partial charge < -0.3 is 26.0 Å². The first-order chi connectivity index (χ1) is 21.1. The molecule has 4 N–H and O–H groups in total. The molecule has 8 nitrogen and oxygen atoms in total. The highest BCUT2D eigenvalue weighted by atomic mass is 32.2. The fraction of sp³-hybridized carbons (Fsp3) is 0.286. The van der Waals surface area contributed by atoms with Gasteiger partial charge in [0.1, 0.15) is 6.04 Å². The third-order valence-electron chi connectivity index (χ3n) is 8.05. The standard InChI is InChI=1S/C35H38N4O4S/c1-23-11-7-8-16-27(23)21-36-32(41)31-35(2,3)44-22-39(31)33(42)30(40)29(19-24-12-5-4-6-13-24)38-34(43)37-28-18-17-25-14-9-10-15-26(25)20-28/h4-18,20,29-31,40H,19,21-22H2,1-3H3,(H,36,41)(H2,37,38,43)/t29-,30-,31+/m0/s1. The second-order valence-corrected chi connectivity index (χ2v) is 13.2. The predicted molar refractivity (Wildman–Crippen MR) is 176 cm³/mol. The number of aliphatic hydroxyl groups excluding tert-OH is 1. The van der Waals surface area contributed by atoms with Crippen molar-refractivity contribution in [1.29, 1.82) is 0 Å². The number of nitrogens with one attached hydrogen (secondary N) is 3. The Hall–Kier alpha value is -4.34. The number of hydrogen-bond donors (Lipinski definition) is 4. The largest absolute Gasteiger partial charge is 0.381 e. The average molecular weight is 611 g/mol. The summed E-state index contributed by atoms with van der Waals surface area (Å²) < 4.78 is -0.582. The number of benzene rings is 4. The number of carbonyl (C=O) groups excluding carboxylic acids is 3. The van der Waals surface area contributed by atoms with Crippen LogP contribution in [0.4, 0.5) is 10.5 Å². The predicted octanol–water partition coefficient (Wildman–Crippen LogP) is 5.24. The summed E-state index contributed by atoms with van der Waals surface area (Å²) in [5.41, 5.74) is 3.49. The summed E-state index contributed by atoms with van der Waals surface area (Å²) in [5, 5.41) is 22.2. The van der Waals surface area contributed by atoms with E-state index in [4.69, 9.17) is 0 Å². The minimum Gasteiger partial charge on any atom is -0.381 e. The van der Waals surface area contributed by atoms with Crippen LogP contribution >= 0.6 is 11.8 Å². The molecule has 1 heterocycles. The van der Waals surface area contributed by atoms with Crippen molar-refractivity contribution in [2.45, 2.75) is 56.7 Å². The van der Waals surface area contributed by atoms with Crippen LogP contribution in [0.1, 0.15) is 30.5 Å². The Bertz CT molecular complexity index is 1640. The molecule has 4 amide bonds. The molecule has 1 aliphatic rings. The zero-order chi connectivity index (χ0) is 31.3. The quantitative estimate of drug-likeness (QED) is 0.207. The van der Waals surface area contributed by atoms with E-state index in [1.54, 1.807) is 6.07 Å². The van der Waals surface area contributed by atoms with Gasteiger partial charge in [0.2, 0.25) is 5.91 Å². The molecule has 0 bridgehead atoms. The SMILES string of the molecule is Cc1ccccc1CNC(=O)[C@H]1N(C(=O)[C@@H](O)[C@H](Cc2ccccc2)NC(=O)Nc2ccc3ccccc3c2)CSC1(C)C. The lowest BCUT2D eigenvalue weighted by molar-refractivity contribution is -0.147. The monoisotopic (exact) mass is 610 g/mol. The smallest absolute Gasteiger partial charge is 0.319 e. The van der Waals surface area contributed by atoms with Gasteiger partial charge in [-0.05, 0) is 66.8 Å². The molecule has 1 saturated heterocycles. The molecule has 228 valence electrons. The third kappa shape index (κ3) is 7.23. The molecule has 4 aromatic rings. The molecule has 4 aromatic carbocycles. The summed E-state index contributed by atoms with van der Waals surface area (Å²) in [6.45, 7) is 6.16. The molecule has 3 atom stereocenters. The number of urea groups is 1. The first kappa shape index (κ1) is 31.1. The number of amides is 4. The van der Waals surface area contributed by atoms with Crippen LogP contribution in [0, 0.1) is 6.92 Å². The zero-order valence-corrected chi connectivity index (χ0v) is 25.9. The van der Waals surface area contributed by atoms with E-state index >= 15 is 0 Å². The molecule has 1 fully saturated rings. The van der Waals surface area contributed by atoms with E-state index in [1.165, 1.54) is 16.7 Å². The number of aryl methyl sites for hydroxylation is 1. The number of fused-ring (bicyclic) bond motifs is 1. The average Bonchev–Trinajstić information content (AvgIpc) is 3.34. The zero-order valence-electron chi connectivity index (χ0n) is 25.1. The van der Waals surface area contributed by atoms with Crippen LogP contribution in [0.5, 0.6) is 0 Å². The maximum Gasteiger partial charge on any atom is 0.319 e.